The SMILES string of the molecule is N=C(N)NCCSc1ccc(NC(=O)c2ccc(C3=CCN(C(=N)N)CC3)s2)cc1. The number of thiophene rings is 1. The van der Waals surface area contributed by atoms with E-state index in [1.807, 2.05) is 41.3 Å². The number of nitrogens with two attached hydrogens (primary N) is 2. The van der Waals surface area contributed by atoms with Crippen LogP contribution in [0.3, 0.4) is 0 Å². The lowest BCUT2D eigenvalue weighted by Gasteiger charge is -2.26. The molecule has 0 spiro atoms. The Bertz CT molecular complexity index is 952. The number of thioether (sulfide) groups is 1. The molecule has 2 heterocycles. The number of guanidine groups is 2. The summed E-state index contributed by atoms with van der Waals surface area (Å²) in [6, 6.07) is 11.5. The number of amides is 1. The third-order valence-electron chi connectivity index (χ3n) is 4.49. The number of benzene rings is 1. The van der Waals surface area contributed by atoms with E-state index in [1.54, 1.807) is 11.8 Å². The van der Waals surface area contributed by atoms with Crippen LogP contribution in [-0.2, 0) is 0 Å². The lowest BCUT2D eigenvalue weighted by molar-refractivity contribution is 0.103. The summed E-state index contributed by atoms with van der Waals surface area (Å²) in [5.74, 6) is 0.736. The summed E-state index contributed by atoms with van der Waals surface area (Å²) in [7, 11) is 0. The van der Waals surface area contributed by atoms with Gasteiger partial charge in [0.2, 0.25) is 0 Å². The van der Waals surface area contributed by atoms with Crippen molar-refractivity contribution >= 4 is 52.2 Å². The fourth-order valence-corrected chi connectivity index (χ4v) is 4.66. The molecule has 0 bridgehead atoms. The highest BCUT2D eigenvalue weighted by Gasteiger charge is 2.17. The zero-order chi connectivity index (χ0) is 21.5. The van der Waals surface area contributed by atoms with Crippen LogP contribution in [0, 0.1) is 10.8 Å². The lowest BCUT2D eigenvalue weighted by Crippen LogP contribution is -2.39. The van der Waals surface area contributed by atoms with Gasteiger partial charge in [0.1, 0.15) is 0 Å². The van der Waals surface area contributed by atoms with Crippen LogP contribution in [0.25, 0.3) is 5.57 Å². The van der Waals surface area contributed by atoms with Crippen molar-refractivity contribution < 1.29 is 4.79 Å². The molecule has 1 amide bonds. The minimum Gasteiger partial charge on any atom is -0.370 e. The highest BCUT2D eigenvalue weighted by molar-refractivity contribution is 7.99. The predicted octanol–water partition coefficient (Wildman–Crippen LogP) is 2.56. The molecule has 1 aliphatic rings. The van der Waals surface area contributed by atoms with E-state index in [4.69, 9.17) is 22.3 Å². The van der Waals surface area contributed by atoms with Crippen LogP contribution in [0.15, 0.2) is 47.4 Å². The average Bonchev–Trinajstić information content (AvgIpc) is 3.23. The van der Waals surface area contributed by atoms with Gasteiger partial charge in [-0.2, -0.15) is 0 Å². The maximum atomic E-state index is 12.6. The Morgan fingerprint density at radius 2 is 1.93 bits per heavy atom. The number of carbonyl (C=O) groups excluding carboxylic acids is 1. The van der Waals surface area contributed by atoms with Crippen LogP contribution in [0.2, 0.25) is 0 Å². The highest BCUT2D eigenvalue weighted by Crippen LogP contribution is 2.29. The van der Waals surface area contributed by atoms with Gasteiger partial charge in [0.15, 0.2) is 11.9 Å². The molecule has 1 aromatic heterocycles. The van der Waals surface area contributed by atoms with E-state index < -0.39 is 0 Å². The average molecular weight is 444 g/mol. The number of anilines is 1. The van der Waals surface area contributed by atoms with Gasteiger partial charge in [-0.15, -0.1) is 23.1 Å². The molecule has 2 aromatic rings. The van der Waals surface area contributed by atoms with E-state index in [1.165, 1.54) is 16.9 Å². The Morgan fingerprint density at radius 3 is 2.57 bits per heavy atom. The van der Waals surface area contributed by atoms with Crippen molar-refractivity contribution in [2.75, 3.05) is 30.7 Å². The number of rotatable bonds is 7. The smallest absolute Gasteiger partial charge is 0.265 e. The van der Waals surface area contributed by atoms with Crippen LogP contribution >= 0.6 is 23.1 Å². The molecule has 0 unspecified atom stereocenters. The molecule has 0 saturated heterocycles. The van der Waals surface area contributed by atoms with Gasteiger partial charge in [0, 0.05) is 40.8 Å². The van der Waals surface area contributed by atoms with E-state index >= 15 is 0 Å². The molecule has 8 N–H and O–H groups in total. The molecule has 30 heavy (non-hydrogen) atoms. The standard InChI is InChI=1S/C20H25N7OS2/c21-19(22)25-9-12-29-15-3-1-14(2-4-15)26-18(28)17-6-5-16(30-17)13-7-10-27(11-8-13)20(23)24/h1-7H,8-12H2,(H3,23,24)(H,26,28)(H4,21,22,25). The first-order valence-corrected chi connectivity index (χ1v) is 11.2. The van der Waals surface area contributed by atoms with Gasteiger partial charge in [0.05, 0.1) is 4.88 Å². The predicted molar refractivity (Wildman–Crippen MR) is 125 cm³/mol. The third kappa shape index (κ3) is 6.01. The maximum absolute atomic E-state index is 12.6. The van der Waals surface area contributed by atoms with E-state index in [0.717, 1.165) is 34.2 Å². The maximum Gasteiger partial charge on any atom is 0.265 e. The molecular formula is C20H25N7OS2. The lowest BCUT2D eigenvalue weighted by atomic mass is 10.1. The number of hydrogen-bond acceptors (Lipinski definition) is 5. The quantitative estimate of drug-likeness (QED) is 0.168. The summed E-state index contributed by atoms with van der Waals surface area (Å²) in [5, 5.41) is 20.3. The fourth-order valence-electron chi connectivity index (χ4n) is 2.93. The molecule has 8 nitrogen and oxygen atoms in total. The summed E-state index contributed by atoms with van der Waals surface area (Å²) < 4.78 is 0. The Hall–Kier alpha value is -2.98. The molecule has 158 valence electrons. The molecule has 0 saturated carbocycles. The minimum absolute atomic E-state index is 0.0248. The van der Waals surface area contributed by atoms with Gasteiger partial charge < -0.3 is 27.0 Å². The third-order valence-corrected chi connectivity index (χ3v) is 6.67. The second-order valence-corrected chi connectivity index (χ2v) is 8.89. The summed E-state index contributed by atoms with van der Waals surface area (Å²) in [6.45, 7) is 1.97. The van der Waals surface area contributed by atoms with Crippen LogP contribution < -0.4 is 22.1 Å². The number of nitrogens with zero attached hydrogens (tertiary/aromatic N) is 1. The summed E-state index contributed by atoms with van der Waals surface area (Å²) >= 11 is 3.12. The first kappa shape index (κ1) is 21.7. The number of nitrogens with one attached hydrogen (secondary N) is 4. The Labute approximate surface area is 183 Å². The zero-order valence-electron chi connectivity index (χ0n) is 16.4. The van der Waals surface area contributed by atoms with Gasteiger partial charge in [-0.1, -0.05) is 6.08 Å². The van der Waals surface area contributed by atoms with Crippen LogP contribution in [0.4, 0.5) is 5.69 Å². The van der Waals surface area contributed by atoms with Crippen molar-refractivity contribution in [2.24, 2.45) is 11.5 Å². The van der Waals surface area contributed by atoms with Crippen molar-refractivity contribution in [2.45, 2.75) is 11.3 Å². The van der Waals surface area contributed by atoms with Crippen molar-refractivity contribution in [1.82, 2.24) is 10.2 Å². The van der Waals surface area contributed by atoms with Gasteiger partial charge in [-0.05, 0) is 48.4 Å². The van der Waals surface area contributed by atoms with Gasteiger partial charge in [0.25, 0.3) is 5.91 Å². The zero-order valence-corrected chi connectivity index (χ0v) is 18.0. The summed E-state index contributed by atoms with van der Waals surface area (Å²) in [4.78, 5) is 17.2. The molecule has 0 aliphatic carbocycles. The molecule has 0 radical (unpaired) electrons. The summed E-state index contributed by atoms with van der Waals surface area (Å²) in [5.41, 5.74) is 12.7. The summed E-state index contributed by atoms with van der Waals surface area (Å²) in [6.07, 6.45) is 2.88. The van der Waals surface area contributed by atoms with E-state index in [9.17, 15) is 4.79 Å². The topological polar surface area (TPSA) is 144 Å². The molecule has 0 fully saturated rings. The molecule has 3 rings (SSSR count). The van der Waals surface area contributed by atoms with Gasteiger partial charge in [-0.25, -0.2) is 0 Å². The second-order valence-electron chi connectivity index (χ2n) is 6.64. The van der Waals surface area contributed by atoms with E-state index in [2.05, 4.69) is 16.7 Å². The highest BCUT2D eigenvalue weighted by atomic mass is 32.2. The van der Waals surface area contributed by atoms with Crippen molar-refractivity contribution in [1.29, 1.82) is 10.8 Å². The first-order valence-electron chi connectivity index (χ1n) is 9.42. The second kappa shape index (κ2) is 10.2. The van der Waals surface area contributed by atoms with Crippen molar-refractivity contribution in [3.63, 3.8) is 0 Å². The Kier molecular flexibility index (Phi) is 7.36. The molecule has 1 aliphatic heterocycles. The monoisotopic (exact) mass is 443 g/mol. The number of carbonyl (C=O) groups is 1. The van der Waals surface area contributed by atoms with Gasteiger partial charge >= 0.3 is 0 Å². The van der Waals surface area contributed by atoms with Gasteiger partial charge in [-0.3, -0.25) is 15.6 Å². The Morgan fingerprint density at radius 1 is 1.17 bits per heavy atom. The number of hydrogen-bond donors (Lipinski definition) is 6. The largest absolute Gasteiger partial charge is 0.370 e. The molecule has 1 aromatic carbocycles. The van der Waals surface area contributed by atoms with Crippen LogP contribution in [0.5, 0.6) is 0 Å². The van der Waals surface area contributed by atoms with Crippen LogP contribution in [0.1, 0.15) is 21.0 Å². The van der Waals surface area contributed by atoms with Crippen molar-refractivity contribution in [3.8, 4) is 0 Å². The van der Waals surface area contributed by atoms with E-state index in [-0.39, 0.29) is 17.8 Å². The van der Waals surface area contributed by atoms with E-state index in [0.29, 0.717) is 18.0 Å². The Balaban J connectivity index is 1.53. The van der Waals surface area contributed by atoms with Crippen molar-refractivity contribution in [3.05, 3.63) is 52.2 Å². The normalized spacial score (nSPS) is 13.5. The first-order chi connectivity index (χ1) is 14.4. The molecular weight excluding hydrogens is 418 g/mol. The minimum atomic E-state index is -0.126. The molecule has 0 atom stereocenters. The fraction of sp³-hybridized carbons (Fsp3) is 0.250. The molecule has 10 heteroatoms. The van der Waals surface area contributed by atoms with Crippen LogP contribution in [-0.4, -0.2) is 48.1 Å².